The number of nitrogens with zero attached hydrogens (tertiary/aromatic N) is 2. The van der Waals surface area contributed by atoms with Crippen molar-refractivity contribution in [3.63, 3.8) is 0 Å². The van der Waals surface area contributed by atoms with Crippen LogP contribution in [-0.2, 0) is 0 Å². The van der Waals surface area contributed by atoms with Gasteiger partial charge in [-0.3, -0.25) is 4.79 Å². The minimum absolute atomic E-state index is 0.164. The monoisotopic (exact) mass is 424 g/mol. The summed E-state index contributed by atoms with van der Waals surface area (Å²) in [6, 6.07) is 31.5. The van der Waals surface area contributed by atoms with Gasteiger partial charge in [-0.15, -0.1) is 0 Å². The van der Waals surface area contributed by atoms with Crippen LogP contribution in [0.3, 0.4) is 0 Å². The lowest BCUT2D eigenvalue weighted by Gasteiger charge is -2.34. The highest BCUT2D eigenvalue weighted by Crippen LogP contribution is 2.35. The molecule has 2 aliphatic rings. The minimum atomic E-state index is 0.164. The molecule has 32 heavy (non-hydrogen) atoms. The van der Waals surface area contributed by atoms with Crippen molar-refractivity contribution in [2.75, 3.05) is 32.7 Å². The summed E-state index contributed by atoms with van der Waals surface area (Å²) >= 11 is 0. The molecule has 0 spiro atoms. The van der Waals surface area contributed by atoms with Crippen molar-refractivity contribution in [1.82, 2.24) is 9.80 Å². The number of hydrogen-bond donors (Lipinski definition) is 0. The standard InChI is InChI=1S/C29H32N2O/c32-29(26-14-8-3-9-15-26)31-21-27(28(22-31)25-12-6-2-7-13-25)20-30-18-16-24(17-19-30)23-10-4-1-5-11-23/h1-15,24,27-28H,16-22H2/t27-,28-/m0/s1. The summed E-state index contributed by atoms with van der Waals surface area (Å²) in [5, 5.41) is 0. The molecule has 5 rings (SSSR count). The molecule has 0 radical (unpaired) electrons. The Morgan fingerprint density at radius 2 is 1.28 bits per heavy atom. The van der Waals surface area contributed by atoms with E-state index in [1.807, 2.05) is 30.3 Å². The molecule has 0 saturated carbocycles. The maximum atomic E-state index is 13.2. The highest BCUT2D eigenvalue weighted by Gasteiger charge is 2.37. The summed E-state index contributed by atoms with van der Waals surface area (Å²) in [4.78, 5) is 17.9. The van der Waals surface area contributed by atoms with Crippen LogP contribution in [0, 0.1) is 5.92 Å². The molecule has 3 nitrogen and oxygen atoms in total. The van der Waals surface area contributed by atoms with Gasteiger partial charge in [0.1, 0.15) is 0 Å². The topological polar surface area (TPSA) is 23.6 Å². The molecule has 2 heterocycles. The van der Waals surface area contributed by atoms with E-state index in [-0.39, 0.29) is 5.91 Å². The molecule has 1 amide bonds. The molecule has 2 aliphatic heterocycles. The van der Waals surface area contributed by atoms with Crippen molar-refractivity contribution in [3.05, 3.63) is 108 Å². The van der Waals surface area contributed by atoms with Crippen molar-refractivity contribution in [1.29, 1.82) is 0 Å². The molecule has 164 valence electrons. The highest BCUT2D eigenvalue weighted by molar-refractivity contribution is 5.94. The van der Waals surface area contributed by atoms with Crippen LogP contribution >= 0.6 is 0 Å². The van der Waals surface area contributed by atoms with Crippen LogP contribution < -0.4 is 0 Å². The third-order valence-corrected chi connectivity index (χ3v) is 7.33. The van der Waals surface area contributed by atoms with E-state index in [2.05, 4.69) is 70.5 Å². The molecule has 0 N–H and O–H groups in total. The van der Waals surface area contributed by atoms with Gasteiger partial charge in [0.15, 0.2) is 0 Å². The number of rotatable bonds is 5. The van der Waals surface area contributed by atoms with Gasteiger partial charge in [-0.05, 0) is 61.0 Å². The fraction of sp³-hybridized carbons (Fsp3) is 0.345. The lowest BCUT2D eigenvalue weighted by atomic mass is 9.86. The smallest absolute Gasteiger partial charge is 0.253 e. The molecule has 2 saturated heterocycles. The number of piperidine rings is 1. The number of likely N-dealkylation sites (tertiary alicyclic amines) is 2. The van der Waals surface area contributed by atoms with Gasteiger partial charge in [0.25, 0.3) is 5.91 Å². The largest absolute Gasteiger partial charge is 0.338 e. The van der Waals surface area contributed by atoms with Gasteiger partial charge >= 0.3 is 0 Å². The molecule has 3 aromatic carbocycles. The second-order valence-corrected chi connectivity index (χ2v) is 9.34. The van der Waals surface area contributed by atoms with Gasteiger partial charge in [0.05, 0.1) is 0 Å². The average molecular weight is 425 g/mol. The summed E-state index contributed by atoms with van der Waals surface area (Å²) in [5.41, 5.74) is 3.64. The van der Waals surface area contributed by atoms with Gasteiger partial charge in [-0.25, -0.2) is 0 Å². The average Bonchev–Trinajstić information content (AvgIpc) is 3.29. The van der Waals surface area contributed by atoms with Crippen LogP contribution in [-0.4, -0.2) is 48.4 Å². The first-order chi connectivity index (χ1) is 15.8. The molecule has 0 aliphatic carbocycles. The summed E-state index contributed by atoms with van der Waals surface area (Å²) in [5.74, 6) is 1.71. The number of carbonyl (C=O) groups excluding carboxylic acids is 1. The first kappa shape index (κ1) is 21.0. The quantitative estimate of drug-likeness (QED) is 0.546. The molecule has 0 unspecified atom stereocenters. The molecule has 2 fully saturated rings. The zero-order valence-corrected chi connectivity index (χ0v) is 18.6. The Kier molecular flexibility index (Phi) is 6.36. The zero-order valence-electron chi connectivity index (χ0n) is 18.6. The fourth-order valence-corrected chi connectivity index (χ4v) is 5.57. The van der Waals surface area contributed by atoms with Gasteiger partial charge < -0.3 is 9.80 Å². The number of carbonyl (C=O) groups is 1. The molecule has 0 aromatic heterocycles. The van der Waals surface area contributed by atoms with Crippen molar-refractivity contribution in [2.45, 2.75) is 24.7 Å². The Hall–Kier alpha value is -2.91. The summed E-state index contributed by atoms with van der Waals surface area (Å²) < 4.78 is 0. The van der Waals surface area contributed by atoms with Crippen LogP contribution in [0.25, 0.3) is 0 Å². The molecular weight excluding hydrogens is 392 g/mol. The predicted octanol–water partition coefficient (Wildman–Crippen LogP) is 5.42. The molecule has 3 aromatic rings. The Bertz CT molecular complexity index is 997. The maximum Gasteiger partial charge on any atom is 0.253 e. The number of hydrogen-bond acceptors (Lipinski definition) is 2. The minimum Gasteiger partial charge on any atom is -0.338 e. The van der Waals surface area contributed by atoms with Crippen molar-refractivity contribution < 1.29 is 4.79 Å². The third-order valence-electron chi connectivity index (χ3n) is 7.33. The summed E-state index contributed by atoms with van der Waals surface area (Å²) in [7, 11) is 0. The van der Waals surface area contributed by atoms with Gasteiger partial charge in [0.2, 0.25) is 0 Å². The van der Waals surface area contributed by atoms with E-state index in [4.69, 9.17) is 0 Å². The maximum absolute atomic E-state index is 13.2. The van der Waals surface area contributed by atoms with E-state index in [1.54, 1.807) is 0 Å². The van der Waals surface area contributed by atoms with Crippen LogP contribution in [0.2, 0.25) is 0 Å². The first-order valence-electron chi connectivity index (χ1n) is 11.9. The second-order valence-electron chi connectivity index (χ2n) is 9.34. The predicted molar refractivity (Wildman–Crippen MR) is 130 cm³/mol. The van der Waals surface area contributed by atoms with Gasteiger partial charge in [0, 0.05) is 31.1 Å². The molecule has 2 atom stereocenters. The third kappa shape index (κ3) is 4.63. The van der Waals surface area contributed by atoms with Crippen molar-refractivity contribution in [3.8, 4) is 0 Å². The molecule has 0 bridgehead atoms. The Labute approximate surface area is 191 Å². The van der Waals surface area contributed by atoms with E-state index in [9.17, 15) is 4.79 Å². The van der Waals surface area contributed by atoms with E-state index < -0.39 is 0 Å². The van der Waals surface area contributed by atoms with E-state index in [1.165, 1.54) is 24.0 Å². The van der Waals surface area contributed by atoms with Gasteiger partial charge in [-0.1, -0.05) is 78.9 Å². The van der Waals surface area contributed by atoms with Crippen LogP contribution in [0.15, 0.2) is 91.0 Å². The molecule has 3 heteroatoms. The number of amides is 1. The number of benzene rings is 3. The van der Waals surface area contributed by atoms with Crippen LogP contribution in [0.1, 0.15) is 46.2 Å². The first-order valence-corrected chi connectivity index (χ1v) is 11.9. The van der Waals surface area contributed by atoms with Crippen LogP contribution in [0.4, 0.5) is 0 Å². The Balaban J connectivity index is 1.27. The zero-order chi connectivity index (χ0) is 21.8. The SMILES string of the molecule is O=C(c1ccccc1)N1C[C@H](CN2CCC(c3ccccc3)CC2)[C@H](c2ccccc2)C1. The Morgan fingerprint density at radius 1 is 0.719 bits per heavy atom. The van der Waals surface area contributed by atoms with Crippen molar-refractivity contribution in [2.24, 2.45) is 5.92 Å². The molecular formula is C29H32N2O. The fourth-order valence-electron chi connectivity index (χ4n) is 5.57. The lowest BCUT2D eigenvalue weighted by molar-refractivity contribution is 0.0781. The Morgan fingerprint density at radius 3 is 1.91 bits per heavy atom. The summed E-state index contributed by atoms with van der Waals surface area (Å²) in [6.45, 7) is 5.00. The van der Waals surface area contributed by atoms with Crippen molar-refractivity contribution >= 4 is 5.91 Å². The highest BCUT2D eigenvalue weighted by atomic mass is 16.2. The normalized spacial score (nSPS) is 22.2. The van der Waals surface area contributed by atoms with Crippen LogP contribution in [0.5, 0.6) is 0 Å². The lowest BCUT2D eigenvalue weighted by Crippen LogP contribution is -2.38. The van der Waals surface area contributed by atoms with E-state index in [0.29, 0.717) is 17.8 Å². The van der Waals surface area contributed by atoms with E-state index >= 15 is 0 Å². The summed E-state index contributed by atoms with van der Waals surface area (Å²) in [6.07, 6.45) is 2.44. The van der Waals surface area contributed by atoms with E-state index in [0.717, 1.165) is 38.3 Å². The van der Waals surface area contributed by atoms with Gasteiger partial charge in [-0.2, -0.15) is 0 Å². The second kappa shape index (κ2) is 9.70.